The molecule has 1 heterocycles. The third-order valence-electron chi connectivity index (χ3n) is 10.2. The van der Waals surface area contributed by atoms with E-state index in [1.807, 2.05) is 0 Å². The van der Waals surface area contributed by atoms with Crippen LogP contribution in [0.25, 0.3) is 10.8 Å². The van der Waals surface area contributed by atoms with Gasteiger partial charge >= 0.3 is 17.9 Å². The summed E-state index contributed by atoms with van der Waals surface area (Å²) in [6.45, 7) is 5.97. The molecule has 0 aliphatic carbocycles. The van der Waals surface area contributed by atoms with Crippen LogP contribution >= 0.6 is 0 Å². The molecule has 4 aromatic rings. The molecule has 1 fully saturated rings. The van der Waals surface area contributed by atoms with Gasteiger partial charge in [-0.2, -0.15) is 0 Å². The minimum absolute atomic E-state index is 0.0289. The molecule has 5 rings (SSSR count). The van der Waals surface area contributed by atoms with Crippen LogP contribution in [0.15, 0.2) is 94.7 Å². The van der Waals surface area contributed by atoms with Gasteiger partial charge in [-0.3, -0.25) is 32.6 Å². The van der Waals surface area contributed by atoms with Gasteiger partial charge in [0.25, 0.3) is 20.0 Å². The number of methoxy groups -OCH3 is 1. The lowest BCUT2D eigenvalue weighted by molar-refractivity contribution is -0.170. The van der Waals surface area contributed by atoms with E-state index < -0.39 is 81.3 Å². The number of carbonyl (C=O) groups excluding carboxylic acids is 3. The van der Waals surface area contributed by atoms with E-state index in [2.05, 4.69) is 22.0 Å². The Balaban J connectivity index is 0.000000636. The zero-order valence-electron chi connectivity index (χ0n) is 35.9. The van der Waals surface area contributed by atoms with Gasteiger partial charge in [-0.1, -0.05) is 31.2 Å². The number of anilines is 3. The number of sulfonamides is 2. The van der Waals surface area contributed by atoms with Crippen molar-refractivity contribution in [2.75, 3.05) is 73.4 Å². The lowest BCUT2D eigenvalue weighted by Gasteiger charge is -2.33. The topological polar surface area (TPSA) is 338 Å². The van der Waals surface area contributed by atoms with Crippen LogP contribution in [0.5, 0.6) is 5.75 Å². The summed E-state index contributed by atoms with van der Waals surface area (Å²) in [6.07, 6.45) is -2.01. The van der Waals surface area contributed by atoms with Crippen molar-refractivity contribution in [2.24, 2.45) is 11.5 Å². The number of fused-ring (bicyclic) bond motifs is 1. The first kappa shape index (κ1) is 51.8. The van der Waals surface area contributed by atoms with E-state index in [1.54, 1.807) is 24.3 Å². The van der Waals surface area contributed by atoms with Gasteiger partial charge in [0.05, 0.1) is 41.1 Å². The molecule has 0 spiro atoms. The summed E-state index contributed by atoms with van der Waals surface area (Å²) < 4.78 is 63.0. The minimum atomic E-state index is -4.46. The molecule has 0 unspecified atom stereocenters. The highest BCUT2D eigenvalue weighted by atomic mass is 32.2. The maximum Gasteiger partial charge on any atom is 0.336 e. The Morgan fingerprint density at radius 3 is 1.48 bits per heavy atom. The number of piperazine rings is 1. The van der Waals surface area contributed by atoms with E-state index in [-0.39, 0.29) is 44.3 Å². The van der Waals surface area contributed by atoms with Gasteiger partial charge in [0.2, 0.25) is 17.7 Å². The molecule has 1 saturated heterocycles. The minimum Gasteiger partial charge on any atom is -0.497 e. The molecular weight excluding hydrogens is 907 g/mol. The molecule has 24 heteroatoms. The molecule has 1 aliphatic heterocycles. The number of ether oxygens (including phenoxy) is 1. The lowest BCUT2D eigenvalue weighted by Crippen LogP contribution is -2.46. The van der Waals surface area contributed by atoms with Crippen LogP contribution in [0.2, 0.25) is 0 Å². The number of carbonyl (C=O) groups is 6. The van der Waals surface area contributed by atoms with Gasteiger partial charge in [-0.25, -0.2) is 21.6 Å². The average Bonchev–Trinajstić information content (AvgIpc) is 3.26. The predicted molar refractivity (Wildman–Crippen MR) is 240 cm³/mol. The third-order valence-corrected chi connectivity index (χ3v) is 13.8. The molecule has 22 nitrogen and oxygen atoms in total. The van der Waals surface area contributed by atoms with Crippen LogP contribution in [-0.2, 0) is 48.8 Å². The second kappa shape index (κ2) is 22.4. The molecule has 9 N–H and O–H groups in total. The van der Waals surface area contributed by atoms with Crippen molar-refractivity contribution in [1.82, 2.24) is 9.80 Å². The van der Waals surface area contributed by atoms with Crippen LogP contribution in [0.3, 0.4) is 0 Å². The van der Waals surface area contributed by atoms with E-state index >= 15 is 0 Å². The first-order valence-electron chi connectivity index (χ1n) is 20.0. The fourth-order valence-corrected chi connectivity index (χ4v) is 9.72. The lowest BCUT2D eigenvalue weighted by atomic mass is 9.96. The predicted octanol–water partition coefficient (Wildman–Crippen LogP) is 0.927. The van der Waals surface area contributed by atoms with Gasteiger partial charge < -0.3 is 51.7 Å². The zero-order valence-corrected chi connectivity index (χ0v) is 37.5. The van der Waals surface area contributed by atoms with E-state index in [4.69, 9.17) is 36.6 Å². The number of carboxylic acid groups (broad SMARTS) is 3. The van der Waals surface area contributed by atoms with Gasteiger partial charge in [0, 0.05) is 55.6 Å². The molecule has 66 heavy (non-hydrogen) atoms. The monoisotopic (exact) mass is 957 g/mol. The number of nitrogens with zero attached hydrogens (tertiary/aromatic N) is 4. The number of likely N-dealkylation sites (N-methyl/N-ethyl adjacent to an activating group) is 1. The summed E-state index contributed by atoms with van der Waals surface area (Å²) in [7, 11) is -7.40. The van der Waals surface area contributed by atoms with E-state index in [1.165, 1.54) is 67.8 Å². The number of amides is 3. The van der Waals surface area contributed by atoms with Crippen molar-refractivity contribution in [3.05, 3.63) is 84.9 Å². The number of aliphatic hydroxyl groups is 1. The molecule has 0 bridgehead atoms. The highest BCUT2D eigenvalue weighted by Crippen LogP contribution is 2.38. The van der Waals surface area contributed by atoms with Gasteiger partial charge in [-0.15, -0.1) is 0 Å². The number of primary amides is 2. The highest BCUT2D eigenvalue weighted by molar-refractivity contribution is 7.93. The summed E-state index contributed by atoms with van der Waals surface area (Å²) in [6, 6.07) is 20.1. The Kier molecular flexibility index (Phi) is 17.5. The number of aliphatic carboxylic acids is 3. The van der Waals surface area contributed by atoms with E-state index in [0.717, 1.165) is 41.3 Å². The van der Waals surface area contributed by atoms with Gasteiger partial charge in [0.1, 0.15) is 18.8 Å². The largest absolute Gasteiger partial charge is 0.497 e. The average molecular weight is 958 g/mol. The van der Waals surface area contributed by atoms with Gasteiger partial charge in [-0.05, 0) is 67.2 Å². The second-order valence-corrected chi connectivity index (χ2v) is 18.6. The number of carboxylic acids is 3. The molecule has 1 aliphatic rings. The molecule has 356 valence electrons. The molecule has 4 aromatic carbocycles. The number of hydrogen-bond donors (Lipinski definition) is 7. The van der Waals surface area contributed by atoms with E-state index in [9.17, 15) is 45.6 Å². The van der Waals surface area contributed by atoms with Crippen molar-refractivity contribution < 1.29 is 70.8 Å². The third kappa shape index (κ3) is 13.4. The maximum absolute atomic E-state index is 14.2. The summed E-state index contributed by atoms with van der Waals surface area (Å²) >= 11 is 0. The fraction of sp³-hybridized carbons (Fsp3) is 0.333. The number of benzene rings is 4. The molecule has 0 saturated carbocycles. The number of hydrogen-bond acceptors (Lipinski definition) is 14. The summed E-state index contributed by atoms with van der Waals surface area (Å²) in [4.78, 5) is 72.0. The molecule has 0 atom stereocenters. The van der Waals surface area contributed by atoms with Gasteiger partial charge in [0.15, 0.2) is 5.60 Å². The zero-order chi connectivity index (χ0) is 49.0. The van der Waals surface area contributed by atoms with Crippen LogP contribution in [-0.4, -0.2) is 148 Å². The SMILES string of the molecule is CCN1CCN(CCC(=O)Nc2ccc(S(=O)(=O)N(CC(N)=O)c3ccc(N(CC(N)=O)S(=O)(=O)c4ccc(OC)cc4)c4ccccc34)cc2)CC1.O=C(O)CC(O)(CC(=O)O)C(=O)O. The Morgan fingerprint density at radius 1 is 0.682 bits per heavy atom. The van der Waals surface area contributed by atoms with Crippen LogP contribution in [0, 0.1) is 0 Å². The summed E-state index contributed by atoms with van der Waals surface area (Å²) in [5.41, 5.74) is 8.79. The molecule has 3 amide bonds. The Bertz CT molecular complexity index is 2620. The smallest absolute Gasteiger partial charge is 0.336 e. The van der Waals surface area contributed by atoms with Crippen molar-refractivity contribution in [3.63, 3.8) is 0 Å². The highest BCUT2D eigenvalue weighted by Gasteiger charge is 2.41. The number of nitrogens with two attached hydrogens (primary N) is 2. The Morgan fingerprint density at radius 2 is 1.11 bits per heavy atom. The van der Waals surface area contributed by atoms with Crippen LogP contribution in [0.1, 0.15) is 26.2 Å². The maximum atomic E-state index is 14.2. The molecule has 0 radical (unpaired) electrons. The van der Waals surface area contributed by atoms with Crippen molar-refractivity contribution in [2.45, 2.75) is 41.6 Å². The summed E-state index contributed by atoms with van der Waals surface area (Å²) in [5, 5.41) is 37.1. The van der Waals surface area contributed by atoms with Crippen molar-refractivity contribution in [3.8, 4) is 5.75 Å². The van der Waals surface area contributed by atoms with Crippen LogP contribution in [0.4, 0.5) is 17.1 Å². The molecular formula is C42H51N7O15S2. The molecule has 0 aromatic heterocycles. The van der Waals surface area contributed by atoms with Crippen molar-refractivity contribution in [1.29, 1.82) is 0 Å². The van der Waals surface area contributed by atoms with Crippen molar-refractivity contribution >= 4 is 83.5 Å². The first-order valence-corrected chi connectivity index (χ1v) is 22.9. The fourth-order valence-electron chi connectivity index (χ4n) is 6.82. The number of nitrogens with one attached hydrogen (secondary N) is 1. The van der Waals surface area contributed by atoms with Crippen LogP contribution < -0.4 is 30.1 Å². The first-order chi connectivity index (χ1) is 31.0. The Labute approximate surface area is 380 Å². The Hall–Kier alpha value is -6.86. The number of rotatable bonds is 21. The standard InChI is InChI=1S/C36H43N7O8S2.C6H8O7/c1-3-40-20-22-41(23-21-40)19-18-36(46)39-26-8-12-28(13-9-26)52(47,48)42(24-34(37)44)32-16-17-33(31-7-5-4-6-30(31)32)43(25-35(38)45)53(49,50)29-14-10-27(51-2)11-15-29;7-3(8)1-6(13,5(11)12)2-4(9)10/h4-17H,3,18-25H2,1-2H3,(H2,37,44)(H2,38,45)(H,39,46);13H,1-2H2,(H,7,8)(H,9,10)(H,11,12). The normalized spacial score (nSPS) is 13.4. The summed E-state index contributed by atoms with van der Waals surface area (Å²) in [5.74, 6) is -6.69. The van der Waals surface area contributed by atoms with E-state index in [0.29, 0.717) is 18.0 Å². The quantitative estimate of drug-likeness (QED) is 0.0611. The second-order valence-electron chi connectivity index (χ2n) is 14.9.